The summed E-state index contributed by atoms with van der Waals surface area (Å²) in [5.74, 6) is 1.13. The number of nitrogens with zero attached hydrogens (tertiary/aromatic N) is 1. The van der Waals surface area contributed by atoms with Crippen molar-refractivity contribution < 1.29 is 4.74 Å². The smallest absolute Gasteiger partial charge is 0.219 e. The van der Waals surface area contributed by atoms with Crippen LogP contribution in [0.3, 0.4) is 0 Å². The number of rotatable bonds is 4. The first-order valence-electron chi connectivity index (χ1n) is 5.41. The number of benzene rings is 1. The molecule has 0 bridgehead atoms. The van der Waals surface area contributed by atoms with E-state index in [2.05, 4.69) is 10.3 Å². The molecule has 0 aliphatic rings. The zero-order valence-electron chi connectivity index (χ0n) is 9.78. The van der Waals surface area contributed by atoms with Gasteiger partial charge >= 0.3 is 0 Å². The number of ether oxygens (including phenoxy) is 1. The molecule has 0 radical (unpaired) electrons. The highest BCUT2D eigenvalue weighted by Crippen LogP contribution is 2.28. The number of hydrogen-bond acceptors (Lipinski definition) is 3. The van der Waals surface area contributed by atoms with Crippen LogP contribution in [0.4, 0.5) is 0 Å². The number of pyridine rings is 1. The number of hydrogen-bond donors (Lipinski definition) is 1. The summed E-state index contributed by atoms with van der Waals surface area (Å²) < 4.78 is 5.57. The molecule has 0 atom stereocenters. The average molecular weight is 283 g/mol. The van der Waals surface area contributed by atoms with Crippen molar-refractivity contribution in [3.05, 3.63) is 52.1 Å². The lowest BCUT2D eigenvalue weighted by atomic mass is 10.3. The molecule has 0 spiro atoms. The van der Waals surface area contributed by atoms with Gasteiger partial charge in [-0.25, -0.2) is 4.98 Å². The average Bonchev–Trinajstić information content (AvgIpc) is 2.37. The molecule has 18 heavy (non-hydrogen) atoms. The topological polar surface area (TPSA) is 34.1 Å². The molecule has 2 aromatic rings. The fraction of sp³-hybridized carbons (Fsp3) is 0.154. The van der Waals surface area contributed by atoms with E-state index in [0.717, 1.165) is 12.1 Å². The third-order valence-electron chi connectivity index (χ3n) is 2.29. The molecule has 94 valence electrons. The van der Waals surface area contributed by atoms with Crippen LogP contribution in [0.2, 0.25) is 10.0 Å². The zero-order chi connectivity index (χ0) is 13.0. The molecule has 1 aromatic carbocycles. The predicted octanol–water partition coefficient (Wildman–Crippen LogP) is 3.90. The highest BCUT2D eigenvalue weighted by atomic mass is 35.5. The van der Waals surface area contributed by atoms with Gasteiger partial charge in [-0.05, 0) is 24.7 Å². The van der Waals surface area contributed by atoms with E-state index in [1.807, 2.05) is 19.2 Å². The van der Waals surface area contributed by atoms with E-state index in [1.165, 1.54) is 0 Å². The first kappa shape index (κ1) is 13.1. The van der Waals surface area contributed by atoms with Gasteiger partial charge in [0.1, 0.15) is 5.75 Å². The van der Waals surface area contributed by atoms with Gasteiger partial charge in [0.15, 0.2) is 0 Å². The van der Waals surface area contributed by atoms with Gasteiger partial charge in [-0.1, -0.05) is 29.3 Å². The fourth-order valence-corrected chi connectivity index (χ4v) is 1.73. The Bertz CT molecular complexity index is 529. The first-order chi connectivity index (χ1) is 8.69. The highest BCUT2D eigenvalue weighted by Gasteiger charge is 2.02. The predicted molar refractivity (Wildman–Crippen MR) is 73.5 cm³/mol. The summed E-state index contributed by atoms with van der Waals surface area (Å²) in [4.78, 5) is 4.21. The third-order valence-corrected chi connectivity index (χ3v) is 3.03. The molecule has 0 saturated heterocycles. The van der Waals surface area contributed by atoms with E-state index in [-0.39, 0.29) is 0 Å². The lowest BCUT2D eigenvalue weighted by Crippen LogP contribution is -2.05. The molecule has 2 rings (SSSR count). The quantitative estimate of drug-likeness (QED) is 0.924. The summed E-state index contributed by atoms with van der Waals surface area (Å²) in [6, 6.07) is 8.87. The van der Waals surface area contributed by atoms with Gasteiger partial charge in [-0.15, -0.1) is 0 Å². The molecule has 3 nitrogen and oxygen atoms in total. The molecule has 0 amide bonds. The van der Waals surface area contributed by atoms with Crippen molar-refractivity contribution in [2.75, 3.05) is 7.05 Å². The second kappa shape index (κ2) is 6.05. The van der Waals surface area contributed by atoms with Crippen molar-refractivity contribution in [2.24, 2.45) is 0 Å². The van der Waals surface area contributed by atoms with Crippen LogP contribution in [-0.4, -0.2) is 12.0 Å². The van der Waals surface area contributed by atoms with E-state index in [4.69, 9.17) is 27.9 Å². The summed E-state index contributed by atoms with van der Waals surface area (Å²) in [5, 5.41) is 4.01. The van der Waals surface area contributed by atoms with E-state index in [1.54, 1.807) is 24.4 Å². The van der Waals surface area contributed by atoms with Crippen LogP contribution in [0.5, 0.6) is 11.6 Å². The Morgan fingerprint density at radius 2 is 2.00 bits per heavy atom. The number of nitrogens with one attached hydrogen (secondary N) is 1. The van der Waals surface area contributed by atoms with Crippen molar-refractivity contribution in [3.8, 4) is 11.6 Å². The Morgan fingerprint density at radius 3 is 2.61 bits per heavy atom. The van der Waals surface area contributed by atoms with Crippen molar-refractivity contribution in [3.63, 3.8) is 0 Å². The molecule has 0 aliphatic heterocycles. The molecule has 1 N–H and O–H groups in total. The van der Waals surface area contributed by atoms with Crippen LogP contribution in [-0.2, 0) is 6.54 Å². The van der Waals surface area contributed by atoms with Gasteiger partial charge in [0.25, 0.3) is 0 Å². The standard InChI is InChI=1S/C13H12Cl2N2O/c1-16-7-9-2-5-13(17-8-9)18-10-3-4-11(14)12(15)6-10/h2-6,8,16H,7H2,1H3. The van der Waals surface area contributed by atoms with Crippen molar-refractivity contribution in [1.29, 1.82) is 0 Å². The molecule has 0 unspecified atom stereocenters. The van der Waals surface area contributed by atoms with Crippen LogP contribution < -0.4 is 10.1 Å². The minimum Gasteiger partial charge on any atom is -0.439 e. The largest absolute Gasteiger partial charge is 0.439 e. The zero-order valence-corrected chi connectivity index (χ0v) is 11.3. The molecule has 1 heterocycles. The Kier molecular flexibility index (Phi) is 4.42. The molecule has 0 fully saturated rings. The fourth-order valence-electron chi connectivity index (χ4n) is 1.44. The lowest BCUT2D eigenvalue weighted by molar-refractivity contribution is 0.462. The van der Waals surface area contributed by atoms with Crippen LogP contribution in [0.1, 0.15) is 5.56 Å². The molecular formula is C13H12Cl2N2O. The first-order valence-corrected chi connectivity index (χ1v) is 6.17. The minimum absolute atomic E-state index is 0.459. The Morgan fingerprint density at radius 1 is 1.17 bits per heavy atom. The van der Waals surface area contributed by atoms with Gasteiger partial charge in [-0.2, -0.15) is 0 Å². The normalized spacial score (nSPS) is 10.4. The van der Waals surface area contributed by atoms with Gasteiger partial charge in [-0.3, -0.25) is 0 Å². The second-order valence-corrected chi connectivity index (χ2v) is 4.53. The Hall–Kier alpha value is -1.29. The van der Waals surface area contributed by atoms with Gasteiger partial charge in [0, 0.05) is 24.9 Å². The molecule has 0 aliphatic carbocycles. The monoisotopic (exact) mass is 282 g/mol. The lowest BCUT2D eigenvalue weighted by Gasteiger charge is -2.06. The van der Waals surface area contributed by atoms with Gasteiger partial charge in [0.05, 0.1) is 10.0 Å². The molecular weight excluding hydrogens is 271 g/mol. The van der Waals surface area contributed by atoms with Crippen LogP contribution in [0.15, 0.2) is 36.5 Å². The maximum Gasteiger partial charge on any atom is 0.219 e. The molecule has 1 aromatic heterocycles. The summed E-state index contributed by atoms with van der Waals surface area (Å²) in [6.45, 7) is 0.778. The number of halogens is 2. The summed E-state index contributed by atoms with van der Waals surface area (Å²) >= 11 is 11.7. The maximum atomic E-state index is 5.91. The van der Waals surface area contributed by atoms with Crippen LogP contribution >= 0.6 is 23.2 Å². The highest BCUT2D eigenvalue weighted by molar-refractivity contribution is 6.42. The summed E-state index contributed by atoms with van der Waals surface area (Å²) in [6.07, 6.45) is 1.77. The van der Waals surface area contributed by atoms with Crippen LogP contribution in [0.25, 0.3) is 0 Å². The summed E-state index contributed by atoms with van der Waals surface area (Å²) in [5.41, 5.74) is 1.10. The van der Waals surface area contributed by atoms with Crippen molar-refractivity contribution >= 4 is 23.2 Å². The summed E-state index contributed by atoms with van der Waals surface area (Å²) in [7, 11) is 1.89. The van der Waals surface area contributed by atoms with E-state index < -0.39 is 0 Å². The number of aromatic nitrogens is 1. The van der Waals surface area contributed by atoms with Gasteiger partial charge in [0.2, 0.25) is 5.88 Å². The van der Waals surface area contributed by atoms with E-state index in [9.17, 15) is 0 Å². The van der Waals surface area contributed by atoms with Gasteiger partial charge < -0.3 is 10.1 Å². The van der Waals surface area contributed by atoms with E-state index >= 15 is 0 Å². The minimum atomic E-state index is 0.459. The van der Waals surface area contributed by atoms with E-state index in [0.29, 0.717) is 21.7 Å². The Labute approximate surface area is 116 Å². The molecule has 0 saturated carbocycles. The molecule has 5 heteroatoms. The van der Waals surface area contributed by atoms with Crippen molar-refractivity contribution in [1.82, 2.24) is 10.3 Å². The Balaban J connectivity index is 2.10. The van der Waals surface area contributed by atoms with Crippen molar-refractivity contribution in [2.45, 2.75) is 6.54 Å². The second-order valence-electron chi connectivity index (χ2n) is 3.71. The maximum absolute atomic E-state index is 5.91. The van der Waals surface area contributed by atoms with Crippen LogP contribution in [0, 0.1) is 0 Å². The third kappa shape index (κ3) is 3.35. The SMILES string of the molecule is CNCc1ccc(Oc2ccc(Cl)c(Cl)c2)nc1.